The zero-order valence-electron chi connectivity index (χ0n) is 10.5. The molecule has 0 amide bonds. The van der Waals surface area contributed by atoms with Gasteiger partial charge in [-0.25, -0.2) is 9.78 Å². The lowest BCUT2D eigenvalue weighted by atomic mass is 10.3. The SMILES string of the molecule is CCN(CC)CCOc1nc(Cl)ccc1C(=O)O. The lowest BCUT2D eigenvalue weighted by Crippen LogP contribution is -2.28. The Balaban J connectivity index is 2.66. The molecule has 100 valence electrons. The lowest BCUT2D eigenvalue weighted by molar-refractivity contribution is 0.0690. The second kappa shape index (κ2) is 7.18. The van der Waals surface area contributed by atoms with Crippen molar-refractivity contribution in [3.05, 3.63) is 22.8 Å². The third kappa shape index (κ3) is 4.16. The Morgan fingerprint density at radius 3 is 2.67 bits per heavy atom. The van der Waals surface area contributed by atoms with Gasteiger partial charge < -0.3 is 14.7 Å². The van der Waals surface area contributed by atoms with Crippen molar-refractivity contribution >= 4 is 17.6 Å². The number of carbonyl (C=O) groups is 1. The molecule has 0 aliphatic carbocycles. The van der Waals surface area contributed by atoms with Gasteiger partial charge in [0.2, 0.25) is 5.88 Å². The van der Waals surface area contributed by atoms with E-state index >= 15 is 0 Å². The Labute approximate surface area is 111 Å². The van der Waals surface area contributed by atoms with Crippen molar-refractivity contribution in [1.29, 1.82) is 0 Å². The van der Waals surface area contributed by atoms with E-state index in [0.29, 0.717) is 6.61 Å². The maximum atomic E-state index is 11.0. The molecule has 0 saturated carbocycles. The van der Waals surface area contributed by atoms with Gasteiger partial charge in [-0.1, -0.05) is 25.4 Å². The van der Waals surface area contributed by atoms with E-state index in [1.807, 2.05) is 0 Å². The molecule has 0 saturated heterocycles. The van der Waals surface area contributed by atoms with Gasteiger partial charge in [-0.2, -0.15) is 0 Å². The molecule has 0 atom stereocenters. The van der Waals surface area contributed by atoms with Crippen molar-refractivity contribution in [2.45, 2.75) is 13.8 Å². The van der Waals surface area contributed by atoms with Gasteiger partial charge in [0.25, 0.3) is 0 Å². The van der Waals surface area contributed by atoms with Gasteiger partial charge >= 0.3 is 5.97 Å². The fraction of sp³-hybridized carbons (Fsp3) is 0.500. The second-order valence-electron chi connectivity index (χ2n) is 3.67. The molecule has 0 aliphatic rings. The number of hydrogen-bond acceptors (Lipinski definition) is 4. The van der Waals surface area contributed by atoms with Crippen LogP contribution in [0.15, 0.2) is 12.1 Å². The Hall–Kier alpha value is -1.33. The zero-order chi connectivity index (χ0) is 13.5. The maximum absolute atomic E-state index is 11.0. The topological polar surface area (TPSA) is 62.7 Å². The predicted molar refractivity (Wildman–Crippen MR) is 69.5 cm³/mol. The van der Waals surface area contributed by atoms with E-state index in [0.717, 1.165) is 19.6 Å². The molecule has 0 bridgehead atoms. The van der Waals surface area contributed by atoms with Crippen LogP contribution in [0.3, 0.4) is 0 Å². The molecule has 0 unspecified atom stereocenters. The molecule has 6 heteroatoms. The zero-order valence-corrected chi connectivity index (χ0v) is 11.3. The summed E-state index contributed by atoms with van der Waals surface area (Å²) in [6, 6.07) is 2.83. The van der Waals surface area contributed by atoms with Crippen LogP contribution in [0.4, 0.5) is 0 Å². The molecule has 1 N–H and O–H groups in total. The van der Waals surface area contributed by atoms with E-state index in [-0.39, 0.29) is 16.6 Å². The van der Waals surface area contributed by atoms with Crippen LogP contribution in [0, 0.1) is 0 Å². The number of aromatic nitrogens is 1. The summed E-state index contributed by atoms with van der Waals surface area (Å²) in [5, 5.41) is 9.20. The van der Waals surface area contributed by atoms with E-state index in [1.165, 1.54) is 12.1 Å². The number of carboxylic acids is 1. The fourth-order valence-corrected chi connectivity index (χ4v) is 1.64. The first-order chi connectivity index (χ1) is 8.58. The Morgan fingerprint density at radius 1 is 1.44 bits per heavy atom. The van der Waals surface area contributed by atoms with Gasteiger partial charge in [-0.15, -0.1) is 0 Å². The number of pyridine rings is 1. The lowest BCUT2D eigenvalue weighted by Gasteiger charge is -2.18. The minimum Gasteiger partial charge on any atom is -0.477 e. The van der Waals surface area contributed by atoms with Crippen LogP contribution < -0.4 is 4.74 Å². The highest BCUT2D eigenvalue weighted by molar-refractivity contribution is 6.29. The van der Waals surface area contributed by atoms with Crippen LogP contribution in [0.2, 0.25) is 5.15 Å². The van der Waals surface area contributed by atoms with Crippen LogP contribution in [0.1, 0.15) is 24.2 Å². The van der Waals surface area contributed by atoms with Crippen molar-refractivity contribution in [3.8, 4) is 5.88 Å². The number of halogens is 1. The van der Waals surface area contributed by atoms with Crippen LogP contribution >= 0.6 is 11.6 Å². The third-order valence-electron chi connectivity index (χ3n) is 2.60. The maximum Gasteiger partial charge on any atom is 0.341 e. The van der Waals surface area contributed by atoms with Crippen LogP contribution in [0.25, 0.3) is 0 Å². The smallest absolute Gasteiger partial charge is 0.341 e. The van der Waals surface area contributed by atoms with E-state index in [2.05, 4.69) is 23.7 Å². The molecule has 1 rings (SSSR count). The Morgan fingerprint density at radius 2 is 2.11 bits per heavy atom. The Kier molecular flexibility index (Phi) is 5.88. The first-order valence-corrected chi connectivity index (χ1v) is 6.21. The standard InChI is InChI=1S/C12H17ClN2O3/c1-3-15(4-2)7-8-18-11-9(12(16)17)5-6-10(13)14-11/h5-6H,3-4,7-8H2,1-2H3,(H,16,17). The minimum absolute atomic E-state index is 0.0268. The molecule has 1 aromatic heterocycles. The van der Waals surface area contributed by atoms with Gasteiger partial charge in [0.1, 0.15) is 17.3 Å². The largest absolute Gasteiger partial charge is 0.477 e. The van der Waals surface area contributed by atoms with E-state index in [9.17, 15) is 4.79 Å². The quantitative estimate of drug-likeness (QED) is 0.771. The van der Waals surface area contributed by atoms with Crippen molar-refractivity contribution in [2.24, 2.45) is 0 Å². The Bertz CT molecular complexity index is 408. The average molecular weight is 273 g/mol. The summed E-state index contributed by atoms with van der Waals surface area (Å²) < 4.78 is 5.40. The first kappa shape index (κ1) is 14.7. The van der Waals surface area contributed by atoms with Crippen LogP contribution in [0.5, 0.6) is 5.88 Å². The van der Waals surface area contributed by atoms with Gasteiger partial charge in [-0.3, -0.25) is 0 Å². The summed E-state index contributed by atoms with van der Waals surface area (Å²) in [4.78, 5) is 17.0. The highest BCUT2D eigenvalue weighted by Crippen LogP contribution is 2.18. The van der Waals surface area contributed by atoms with Crippen molar-refractivity contribution in [3.63, 3.8) is 0 Å². The molecular formula is C12H17ClN2O3. The summed E-state index contributed by atoms with van der Waals surface area (Å²) in [6.07, 6.45) is 0. The minimum atomic E-state index is -1.07. The van der Waals surface area contributed by atoms with E-state index < -0.39 is 5.97 Å². The number of hydrogen-bond donors (Lipinski definition) is 1. The second-order valence-corrected chi connectivity index (χ2v) is 4.05. The molecular weight excluding hydrogens is 256 g/mol. The number of carboxylic acid groups (broad SMARTS) is 1. The fourth-order valence-electron chi connectivity index (χ4n) is 1.50. The summed E-state index contributed by atoms with van der Waals surface area (Å²) in [5.74, 6) is -1.00. The molecule has 0 aromatic carbocycles. The number of likely N-dealkylation sites (N-methyl/N-ethyl adjacent to an activating group) is 1. The first-order valence-electron chi connectivity index (χ1n) is 5.83. The van der Waals surface area contributed by atoms with Crippen molar-refractivity contribution in [2.75, 3.05) is 26.2 Å². The van der Waals surface area contributed by atoms with Crippen molar-refractivity contribution < 1.29 is 14.6 Å². The number of ether oxygens (including phenoxy) is 1. The third-order valence-corrected chi connectivity index (χ3v) is 2.81. The van der Waals surface area contributed by atoms with Gasteiger partial charge in [0.05, 0.1) is 0 Å². The van der Waals surface area contributed by atoms with E-state index in [1.54, 1.807) is 0 Å². The molecule has 1 aromatic rings. The molecule has 0 fully saturated rings. The van der Waals surface area contributed by atoms with E-state index in [4.69, 9.17) is 21.4 Å². The summed E-state index contributed by atoms with van der Waals surface area (Å²) in [6.45, 7) is 7.08. The summed E-state index contributed by atoms with van der Waals surface area (Å²) in [7, 11) is 0. The molecule has 0 aliphatic heterocycles. The highest BCUT2D eigenvalue weighted by atomic mass is 35.5. The summed E-state index contributed by atoms with van der Waals surface area (Å²) >= 11 is 5.72. The summed E-state index contributed by atoms with van der Waals surface area (Å²) in [5.41, 5.74) is 0.0268. The molecule has 1 heterocycles. The normalized spacial score (nSPS) is 10.7. The molecule has 18 heavy (non-hydrogen) atoms. The van der Waals surface area contributed by atoms with Gasteiger partial charge in [-0.05, 0) is 25.2 Å². The monoisotopic (exact) mass is 272 g/mol. The van der Waals surface area contributed by atoms with Gasteiger partial charge in [0.15, 0.2) is 0 Å². The number of aromatic carboxylic acids is 1. The van der Waals surface area contributed by atoms with Crippen LogP contribution in [-0.2, 0) is 0 Å². The molecule has 0 spiro atoms. The number of nitrogens with zero attached hydrogens (tertiary/aromatic N) is 2. The molecule has 5 nitrogen and oxygen atoms in total. The van der Waals surface area contributed by atoms with Crippen molar-refractivity contribution in [1.82, 2.24) is 9.88 Å². The highest BCUT2D eigenvalue weighted by Gasteiger charge is 2.13. The van der Waals surface area contributed by atoms with Gasteiger partial charge in [0, 0.05) is 6.54 Å². The predicted octanol–water partition coefficient (Wildman–Crippen LogP) is 2.15. The number of rotatable bonds is 7. The molecule has 0 radical (unpaired) electrons. The van der Waals surface area contributed by atoms with Crippen LogP contribution in [-0.4, -0.2) is 47.2 Å². The average Bonchev–Trinajstić information content (AvgIpc) is 2.34.